The van der Waals surface area contributed by atoms with E-state index in [4.69, 9.17) is 15.2 Å². The minimum Gasteiger partial charge on any atom is -0.491 e. The summed E-state index contributed by atoms with van der Waals surface area (Å²) in [4.78, 5) is 26.8. The van der Waals surface area contributed by atoms with Gasteiger partial charge in [-0.05, 0) is 31.2 Å². The summed E-state index contributed by atoms with van der Waals surface area (Å²) >= 11 is 1.33. The minimum atomic E-state index is -0.712. The standard InChI is InChI=1S/C17H19N5O4S/c1-2-25-16(24)10-3-5-12(6-4-10)26-7-11(23)8-27-17-21-13-14(18)19-9-20-15(13)22-17/h3-6,9,11,23H,2,7-8H2,1H3,(H3,18,19,20,21,22). The lowest BCUT2D eigenvalue weighted by Gasteiger charge is -2.11. The van der Waals surface area contributed by atoms with Crippen LogP contribution in [0.1, 0.15) is 17.3 Å². The Morgan fingerprint density at radius 3 is 2.81 bits per heavy atom. The van der Waals surface area contributed by atoms with Crippen LogP contribution in [-0.4, -0.2) is 56.1 Å². The minimum absolute atomic E-state index is 0.105. The monoisotopic (exact) mass is 389 g/mol. The summed E-state index contributed by atoms with van der Waals surface area (Å²) in [7, 11) is 0. The molecule has 3 rings (SSSR count). The van der Waals surface area contributed by atoms with Gasteiger partial charge in [-0.15, -0.1) is 0 Å². The lowest BCUT2D eigenvalue weighted by molar-refractivity contribution is 0.0526. The van der Waals surface area contributed by atoms with E-state index in [0.29, 0.717) is 45.8 Å². The van der Waals surface area contributed by atoms with Crippen LogP contribution in [0.2, 0.25) is 0 Å². The van der Waals surface area contributed by atoms with Gasteiger partial charge in [-0.25, -0.2) is 19.7 Å². The van der Waals surface area contributed by atoms with Crippen LogP contribution in [0.3, 0.4) is 0 Å². The SMILES string of the molecule is CCOC(=O)c1ccc(OCC(O)CSc2nc3ncnc(N)c3[nH]2)cc1. The number of H-pyrrole nitrogens is 1. The lowest BCUT2D eigenvalue weighted by Crippen LogP contribution is -2.20. The fraction of sp³-hybridized carbons (Fsp3) is 0.294. The Labute approximate surface area is 159 Å². The Kier molecular flexibility index (Phi) is 6.09. The normalized spacial score (nSPS) is 12.1. The number of rotatable bonds is 8. The average molecular weight is 389 g/mol. The fourth-order valence-corrected chi connectivity index (χ4v) is 2.98. The second-order valence-corrected chi connectivity index (χ2v) is 6.53. The van der Waals surface area contributed by atoms with Gasteiger partial charge >= 0.3 is 5.97 Å². The quantitative estimate of drug-likeness (QED) is 0.388. The third-order valence-corrected chi connectivity index (χ3v) is 4.53. The predicted molar refractivity (Wildman–Crippen MR) is 101 cm³/mol. The molecule has 10 heteroatoms. The first-order chi connectivity index (χ1) is 13.1. The number of aromatic amines is 1. The fourth-order valence-electron chi connectivity index (χ4n) is 2.21. The number of hydrogen-bond donors (Lipinski definition) is 3. The third kappa shape index (κ3) is 4.86. The summed E-state index contributed by atoms with van der Waals surface area (Å²) in [6.45, 7) is 2.18. The maximum atomic E-state index is 11.6. The van der Waals surface area contributed by atoms with Crippen molar-refractivity contribution in [2.75, 3.05) is 24.7 Å². The van der Waals surface area contributed by atoms with Gasteiger partial charge in [-0.2, -0.15) is 0 Å². The summed E-state index contributed by atoms with van der Waals surface area (Å²) in [5.74, 6) is 0.874. The number of nitrogen functional groups attached to an aromatic ring is 1. The molecule has 2 heterocycles. The molecule has 0 spiro atoms. The first-order valence-electron chi connectivity index (χ1n) is 8.24. The highest BCUT2D eigenvalue weighted by Crippen LogP contribution is 2.21. The molecule has 27 heavy (non-hydrogen) atoms. The molecule has 0 saturated heterocycles. The molecule has 1 atom stereocenters. The number of aromatic nitrogens is 4. The number of aliphatic hydroxyl groups is 1. The number of nitrogens with two attached hydrogens (primary N) is 1. The second-order valence-electron chi connectivity index (χ2n) is 5.52. The van der Waals surface area contributed by atoms with E-state index in [1.54, 1.807) is 31.2 Å². The smallest absolute Gasteiger partial charge is 0.338 e. The molecule has 0 saturated carbocycles. The highest BCUT2D eigenvalue weighted by molar-refractivity contribution is 7.99. The van der Waals surface area contributed by atoms with Gasteiger partial charge in [-0.3, -0.25) is 0 Å². The van der Waals surface area contributed by atoms with Crippen LogP contribution in [0.25, 0.3) is 11.2 Å². The van der Waals surface area contributed by atoms with Crippen molar-refractivity contribution in [1.29, 1.82) is 0 Å². The highest BCUT2D eigenvalue weighted by Gasteiger charge is 2.12. The number of hydrogen-bond acceptors (Lipinski definition) is 9. The average Bonchev–Trinajstić information content (AvgIpc) is 3.10. The number of ether oxygens (including phenoxy) is 2. The number of carbonyl (C=O) groups is 1. The topological polar surface area (TPSA) is 136 Å². The van der Waals surface area contributed by atoms with Crippen LogP contribution in [0, 0.1) is 0 Å². The zero-order chi connectivity index (χ0) is 19.2. The Bertz CT molecular complexity index is 915. The number of esters is 1. The third-order valence-electron chi connectivity index (χ3n) is 3.52. The van der Waals surface area contributed by atoms with Crippen molar-refractivity contribution < 1.29 is 19.4 Å². The van der Waals surface area contributed by atoms with Crippen molar-refractivity contribution in [2.45, 2.75) is 18.2 Å². The molecule has 4 N–H and O–H groups in total. The van der Waals surface area contributed by atoms with Crippen molar-refractivity contribution in [3.8, 4) is 5.75 Å². The summed E-state index contributed by atoms with van der Waals surface area (Å²) < 4.78 is 10.5. The molecule has 0 amide bonds. The number of benzene rings is 1. The lowest BCUT2D eigenvalue weighted by atomic mass is 10.2. The number of nitrogens with zero attached hydrogens (tertiary/aromatic N) is 3. The number of nitrogens with one attached hydrogen (secondary N) is 1. The van der Waals surface area contributed by atoms with Gasteiger partial charge in [0.2, 0.25) is 0 Å². The van der Waals surface area contributed by atoms with E-state index >= 15 is 0 Å². The van der Waals surface area contributed by atoms with Gasteiger partial charge in [0, 0.05) is 5.75 Å². The molecular weight excluding hydrogens is 370 g/mol. The maximum Gasteiger partial charge on any atom is 0.338 e. The van der Waals surface area contributed by atoms with E-state index in [1.807, 2.05) is 0 Å². The van der Waals surface area contributed by atoms with E-state index in [9.17, 15) is 9.90 Å². The molecule has 142 valence electrons. The van der Waals surface area contributed by atoms with E-state index in [1.165, 1.54) is 18.1 Å². The van der Waals surface area contributed by atoms with Crippen LogP contribution in [0.15, 0.2) is 35.7 Å². The molecule has 0 radical (unpaired) electrons. The number of fused-ring (bicyclic) bond motifs is 1. The second kappa shape index (κ2) is 8.69. The van der Waals surface area contributed by atoms with Crippen LogP contribution >= 0.6 is 11.8 Å². The number of anilines is 1. The van der Waals surface area contributed by atoms with Gasteiger partial charge in [0.05, 0.1) is 18.3 Å². The first kappa shape index (κ1) is 18.9. The van der Waals surface area contributed by atoms with E-state index < -0.39 is 6.10 Å². The van der Waals surface area contributed by atoms with Gasteiger partial charge < -0.3 is 25.3 Å². The van der Waals surface area contributed by atoms with Gasteiger partial charge in [0.15, 0.2) is 16.6 Å². The number of thioether (sulfide) groups is 1. The first-order valence-corrected chi connectivity index (χ1v) is 9.22. The van der Waals surface area contributed by atoms with E-state index in [2.05, 4.69) is 19.9 Å². The van der Waals surface area contributed by atoms with Crippen LogP contribution in [0.4, 0.5) is 5.82 Å². The molecule has 0 aliphatic heterocycles. The summed E-state index contributed by atoms with van der Waals surface area (Å²) in [5, 5.41) is 10.7. The van der Waals surface area contributed by atoms with Crippen LogP contribution < -0.4 is 10.5 Å². The Morgan fingerprint density at radius 1 is 1.33 bits per heavy atom. The molecule has 0 fully saturated rings. The highest BCUT2D eigenvalue weighted by atomic mass is 32.2. The summed E-state index contributed by atoms with van der Waals surface area (Å²) in [6.07, 6.45) is 0.638. The Balaban J connectivity index is 1.48. The van der Waals surface area contributed by atoms with Crippen molar-refractivity contribution in [3.05, 3.63) is 36.2 Å². The molecule has 3 aromatic rings. The zero-order valence-electron chi connectivity index (χ0n) is 14.6. The van der Waals surface area contributed by atoms with Crippen LogP contribution in [-0.2, 0) is 4.74 Å². The van der Waals surface area contributed by atoms with E-state index in [-0.39, 0.29) is 12.6 Å². The summed E-state index contributed by atoms with van der Waals surface area (Å²) in [5.41, 5.74) is 7.27. The molecular formula is C17H19N5O4S. The maximum absolute atomic E-state index is 11.6. The molecule has 0 aliphatic rings. The molecule has 9 nitrogen and oxygen atoms in total. The van der Waals surface area contributed by atoms with Gasteiger partial charge in [0.1, 0.15) is 24.2 Å². The number of imidazole rings is 1. The summed E-state index contributed by atoms with van der Waals surface area (Å²) in [6, 6.07) is 6.56. The van der Waals surface area contributed by atoms with Crippen molar-refractivity contribution in [1.82, 2.24) is 19.9 Å². The number of aliphatic hydroxyl groups excluding tert-OH is 1. The van der Waals surface area contributed by atoms with Gasteiger partial charge in [0.25, 0.3) is 0 Å². The van der Waals surface area contributed by atoms with Crippen molar-refractivity contribution in [3.63, 3.8) is 0 Å². The number of carbonyl (C=O) groups excluding carboxylic acids is 1. The van der Waals surface area contributed by atoms with Gasteiger partial charge in [-0.1, -0.05) is 11.8 Å². The Morgan fingerprint density at radius 2 is 2.11 bits per heavy atom. The van der Waals surface area contributed by atoms with Crippen LogP contribution in [0.5, 0.6) is 5.75 Å². The predicted octanol–water partition coefficient (Wildman–Crippen LogP) is 1.64. The van der Waals surface area contributed by atoms with Crippen molar-refractivity contribution >= 4 is 34.7 Å². The molecule has 1 unspecified atom stereocenters. The molecule has 2 aromatic heterocycles. The zero-order valence-corrected chi connectivity index (χ0v) is 15.4. The van der Waals surface area contributed by atoms with E-state index in [0.717, 1.165) is 0 Å². The molecule has 0 aliphatic carbocycles. The molecule has 0 bridgehead atoms. The largest absolute Gasteiger partial charge is 0.491 e. The van der Waals surface area contributed by atoms with Crippen molar-refractivity contribution in [2.24, 2.45) is 0 Å². The Hall–Kier alpha value is -2.85. The molecule has 1 aromatic carbocycles.